The lowest BCUT2D eigenvalue weighted by atomic mass is 9.80. The van der Waals surface area contributed by atoms with Crippen LogP contribution in [-0.4, -0.2) is 55.0 Å². The highest BCUT2D eigenvalue weighted by atomic mass is 16.2. The molecule has 0 saturated carbocycles. The van der Waals surface area contributed by atoms with Crippen LogP contribution in [0.3, 0.4) is 0 Å². The van der Waals surface area contributed by atoms with E-state index in [2.05, 4.69) is 32.6 Å². The number of hydrogen-bond acceptors (Lipinski definition) is 3. The van der Waals surface area contributed by atoms with Crippen LogP contribution >= 0.6 is 0 Å². The number of rotatable bonds is 6. The fourth-order valence-corrected chi connectivity index (χ4v) is 2.40. The van der Waals surface area contributed by atoms with Crippen molar-refractivity contribution in [2.45, 2.75) is 47.0 Å². The lowest BCUT2D eigenvalue weighted by Gasteiger charge is -2.36. The van der Waals surface area contributed by atoms with Crippen LogP contribution in [0.2, 0.25) is 0 Å². The molecule has 20 heavy (non-hydrogen) atoms. The van der Waals surface area contributed by atoms with Gasteiger partial charge in [-0.05, 0) is 37.3 Å². The van der Waals surface area contributed by atoms with Crippen molar-refractivity contribution < 1.29 is 4.79 Å². The van der Waals surface area contributed by atoms with Gasteiger partial charge in [-0.3, -0.25) is 9.69 Å². The van der Waals surface area contributed by atoms with E-state index in [1.165, 1.54) is 6.42 Å². The van der Waals surface area contributed by atoms with Gasteiger partial charge in [-0.1, -0.05) is 27.7 Å². The van der Waals surface area contributed by atoms with Gasteiger partial charge in [0.2, 0.25) is 5.91 Å². The van der Waals surface area contributed by atoms with Crippen molar-refractivity contribution in [3.05, 3.63) is 0 Å². The molecule has 0 aromatic rings. The van der Waals surface area contributed by atoms with Gasteiger partial charge in [0.25, 0.3) is 0 Å². The predicted octanol–water partition coefficient (Wildman–Crippen LogP) is 1.94. The molecule has 1 amide bonds. The monoisotopic (exact) mass is 283 g/mol. The Morgan fingerprint density at radius 1 is 1.15 bits per heavy atom. The van der Waals surface area contributed by atoms with Crippen molar-refractivity contribution >= 4 is 5.91 Å². The summed E-state index contributed by atoms with van der Waals surface area (Å²) in [4.78, 5) is 16.8. The number of unbranched alkanes of at least 4 members (excludes halogenated alkanes) is 1. The third-order valence-corrected chi connectivity index (χ3v) is 4.61. The third-order valence-electron chi connectivity index (χ3n) is 4.61. The number of nitrogens with two attached hydrogens (primary N) is 1. The van der Waals surface area contributed by atoms with E-state index in [0.717, 1.165) is 45.7 Å². The van der Waals surface area contributed by atoms with E-state index in [4.69, 9.17) is 5.73 Å². The lowest BCUT2D eigenvalue weighted by Crippen LogP contribution is -2.49. The first-order valence-electron chi connectivity index (χ1n) is 8.04. The molecular weight excluding hydrogens is 250 g/mol. The molecule has 1 rings (SSSR count). The van der Waals surface area contributed by atoms with E-state index in [1.807, 2.05) is 4.90 Å². The molecule has 4 nitrogen and oxygen atoms in total. The van der Waals surface area contributed by atoms with Crippen LogP contribution in [0.15, 0.2) is 0 Å². The Morgan fingerprint density at radius 2 is 1.75 bits per heavy atom. The van der Waals surface area contributed by atoms with Crippen molar-refractivity contribution in [1.82, 2.24) is 9.80 Å². The van der Waals surface area contributed by atoms with Crippen LogP contribution in [0.1, 0.15) is 47.0 Å². The summed E-state index contributed by atoms with van der Waals surface area (Å²) in [5, 5.41) is 0. The number of piperazine rings is 1. The summed E-state index contributed by atoms with van der Waals surface area (Å²) in [5.74, 6) is 0.756. The van der Waals surface area contributed by atoms with Crippen LogP contribution in [-0.2, 0) is 4.79 Å². The van der Waals surface area contributed by atoms with E-state index >= 15 is 0 Å². The zero-order chi connectivity index (χ0) is 15.2. The van der Waals surface area contributed by atoms with E-state index < -0.39 is 0 Å². The number of carbonyl (C=O) groups excluding carboxylic acids is 1. The average molecular weight is 283 g/mol. The molecule has 1 atom stereocenters. The molecule has 1 aliphatic rings. The highest BCUT2D eigenvalue weighted by Crippen LogP contribution is 2.28. The van der Waals surface area contributed by atoms with Gasteiger partial charge in [0.05, 0.1) is 0 Å². The largest absolute Gasteiger partial charge is 0.340 e. The van der Waals surface area contributed by atoms with E-state index in [9.17, 15) is 4.79 Å². The van der Waals surface area contributed by atoms with Crippen LogP contribution in [0, 0.1) is 11.3 Å². The first kappa shape index (κ1) is 17.4. The van der Waals surface area contributed by atoms with Gasteiger partial charge in [0.1, 0.15) is 0 Å². The summed E-state index contributed by atoms with van der Waals surface area (Å²) in [6, 6.07) is 0. The Labute approximate surface area is 124 Å². The molecule has 1 aliphatic heterocycles. The standard InChI is InChI=1S/C16H33N3O/c1-14(16(2,3)4)13-15(20)19-11-9-18(10-12-19)8-6-5-7-17/h14H,5-13,17H2,1-4H3. The maximum absolute atomic E-state index is 12.3. The second kappa shape index (κ2) is 7.99. The summed E-state index contributed by atoms with van der Waals surface area (Å²) >= 11 is 0. The van der Waals surface area contributed by atoms with Crippen molar-refractivity contribution in [3.8, 4) is 0 Å². The lowest BCUT2D eigenvalue weighted by molar-refractivity contribution is -0.134. The molecule has 4 heteroatoms. The second-order valence-corrected chi connectivity index (χ2v) is 7.19. The smallest absolute Gasteiger partial charge is 0.222 e. The Kier molecular flexibility index (Phi) is 6.96. The van der Waals surface area contributed by atoms with Crippen molar-refractivity contribution in [3.63, 3.8) is 0 Å². The van der Waals surface area contributed by atoms with Crippen molar-refractivity contribution in [1.29, 1.82) is 0 Å². The van der Waals surface area contributed by atoms with Crippen LogP contribution < -0.4 is 5.73 Å². The van der Waals surface area contributed by atoms with Gasteiger partial charge in [-0.25, -0.2) is 0 Å². The zero-order valence-electron chi connectivity index (χ0n) is 13.8. The third kappa shape index (κ3) is 5.80. The SMILES string of the molecule is CC(CC(=O)N1CCN(CCCCN)CC1)C(C)(C)C. The minimum atomic E-state index is 0.208. The topological polar surface area (TPSA) is 49.6 Å². The number of hydrogen-bond donors (Lipinski definition) is 1. The van der Waals surface area contributed by atoms with Crippen LogP contribution in [0.5, 0.6) is 0 Å². The van der Waals surface area contributed by atoms with Crippen molar-refractivity contribution in [2.24, 2.45) is 17.1 Å². The Balaban J connectivity index is 2.29. The molecule has 0 aromatic carbocycles. The molecule has 118 valence electrons. The average Bonchev–Trinajstić information content (AvgIpc) is 2.38. The van der Waals surface area contributed by atoms with Gasteiger partial charge in [-0.2, -0.15) is 0 Å². The molecule has 1 fully saturated rings. The normalized spacial score (nSPS) is 19.1. The van der Waals surface area contributed by atoms with Gasteiger partial charge in [-0.15, -0.1) is 0 Å². The maximum atomic E-state index is 12.3. The van der Waals surface area contributed by atoms with Gasteiger partial charge >= 0.3 is 0 Å². The Morgan fingerprint density at radius 3 is 2.25 bits per heavy atom. The fraction of sp³-hybridized carbons (Fsp3) is 0.938. The minimum absolute atomic E-state index is 0.208. The number of nitrogens with zero attached hydrogens (tertiary/aromatic N) is 2. The van der Waals surface area contributed by atoms with E-state index in [0.29, 0.717) is 18.2 Å². The summed E-state index contributed by atoms with van der Waals surface area (Å²) in [5.41, 5.74) is 5.72. The number of amides is 1. The molecule has 1 unspecified atom stereocenters. The molecular formula is C16H33N3O. The summed E-state index contributed by atoms with van der Waals surface area (Å²) in [7, 11) is 0. The first-order valence-corrected chi connectivity index (χ1v) is 8.04. The molecule has 2 N–H and O–H groups in total. The molecule has 0 radical (unpaired) electrons. The highest BCUT2D eigenvalue weighted by molar-refractivity contribution is 5.76. The van der Waals surface area contributed by atoms with Crippen molar-refractivity contribution in [2.75, 3.05) is 39.3 Å². The second-order valence-electron chi connectivity index (χ2n) is 7.19. The van der Waals surface area contributed by atoms with Crippen LogP contribution in [0.25, 0.3) is 0 Å². The van der Waals surface area contributed by atoms with Gasteiger partial charge in [0.15, 0.2) is 0 Å². The summed E-state index contributed by atoms with van der Waals surface area (Å²) in [6.07, 6.45) is 2.95. The highest BCUT2D eigenvalue weighted by Gasteiger charge is 2.26. The molecule has 1 heterocycles. The summed E-state index contributed by atoms with van der Waals surface area (Å²) in [6.45, 7) is 14.5. The van der Waals surface area contributed by atoms with Gasteiger partial charge < -0.3 is 10.6 Å². The molecule has 0 spiro atoms. The molecule has 0 aromatic heterocycles. The van der Waals surface area contributed by atoms with E-state index in [1.54, 1.807) is 0 Å². The molecule has 1 saturated heterocycles. The van der Waals surface area contributed by atoms with E-state index in [-0.39, 0.29) is 5.41 Å². The Bertz CT molecular complexity index is 291. The number of carbonyl (C=O) groups is 1. The zero-order valence-corrected chi connectivity index (χ0v) is 13.8. The first-order chi connectivity index (χ1) is 9.34. The molecule has 0 bridgehead atoms. The van der Waals surface area contributed by atoms with Crippen LogP contribution in [0.4, 0.5) is 0 Å². The molecule has 0 aliphatic carbocycles. The summed E-state index contributed by atoms with van der Waals surface area (Å²) < 4.78 is 0. The quantitative estimate of drug-likeness (QED) is 0.758. The fourth-order valence-electron chi connectivity index (χ4n) is 2.40. The predicted molar refractivity (Wildman–Crippen MR) is 84.5 cm³/mol. The Hall–Kier alpha value is -0.610. The van der Waals surface area contributed by atoms with Gasteiger partial charge in [0, 0.05) is 32.6 Å². The minimum Gasteiger partial charge on any atom is -0.340 e. The maximum Gasteiger partial charge on any atom is 0.222 e.